The van der Waals surface area contributed by atoms with E-state index < -0.39 is 0 Å². The van der Waals surface area contributed by atoms with Crippen LogP contribution in [0.3, 0.4) is 0 Å². The molecule has 0 bridgehead atoms. The van der Waals surface area contributed by atoms with Gasteiger partial charge in [0, 0.05) is 11.4 Å². The fraction of sp³-hybridized carbons (Fsp3) is 0.429. The summed E-state index contributed by atoms with van der Waals surface area (Å²) in [6, 6.07) is 9.57. The van der Waals surface area contributed by atoms with Gasteiger partial charge in [0.15, 0.2) is 0 Å². The maximum absolute atomic E-state index is 12.5. The molecule has 3 nitrogen and oxygen atoms in total. The molecular weight excluding hydrogens is 244 g/mol. The molecule has 94 valence electrons. The first kappa shape index (κ1) is 13.0. The third-order valence-electron chi connectivity index (χ3n) is 3.25. The number of rotatable bonds is 2. The molecule has 1 amide bonds. The van der Waals surface area contributed by atoms with Crippen LogP contribution in [0.2, 0.25) is 0 Å². The first-order valence-electron chi connectivity index (χ1n) is 6.11. The van der Waals surface area contributed by atoms with Crippen molar-refractivity contribution in [2.75, 3.05) is 12.8 Å². The van der Waals surface area contributed by atoms with E-state index in [4.69, 9.17) is 5.26 Å². The second-order valence-electron chi connectivity index (χ2n) is 4.34. The van der Waals surface area contributed by atoms with Crippen LogP contribution >= 0.6 is 11.8 Å². The van der Waals surface area contributed by atoms with Gasteiger partial charge in [0.2, 0.25) is 0 Å². The van der Waals surface area contributed by atoms with E-state index >= 15 is 0 Å². The molecule has 1 heterocycles. The summed E-state index contributed by atoms with van der Waals surface area (Å²) >= 11 is 1.57. The number of nitriles is 1. The molecule has 1 aliphatic heterocycles. The van der Waals surface area contributed by atoms with Crippen molar-refractivity contribution in [3.8, 4) is 6.07 Å². The zero-order valence-corrected chi connectivity index (χ0v) is 11.2. The van der Waals surface area contributed by atoms with Gasteiger partial charge in [-0.05, 0) is 37.7 Å². The molecule has 1 saturated heterocycles. The van der Waals surface area contributed by atoms with Crippen LogP contribution < -0.4 is 0 Å². The highest BCUT2D eigenvalue weighted by Crippen LogP contribution is 2.24. The van der Waals surface area contributed by atoms with E-state index in [0.29, 0.717) is 12.1 Å². The van der Waals surface area contributed by atoms with Gasteiger partial charge in [-0.2, -0.15) is 5.26 Å². The van der Waals surface area contributed by atoms with Gasteiger partial charge < -0.3 is 4.90 Å². The molecule has 1 aromatic rings. The second-order valence-corrected chi connectivity index (χ2v) is 5.19. The largest absolute Gasteiger partial charge is 0.323 e. The fourth-order valence-corrected chi connectivity index (χ4v) is 2.87. The molecule has 1 aliphatic rings. The lowest BCUT2D eigenvalue weighted by atomic mass is 10.0. The molecule has 2 rings (SSSR count). The van der Waals surface area contributed by atoms with Crippen LogP contribution in [0.5, 0.6) is 0 Å². The molecule has 1 aromatic carbocycles. The standard InChI is InChI=1S/C14H16N2OS/c1-18-13-8-3-2-7-12(13)14(17)16-9-5-4-6-11(16)10-15/h2-3,7-8,11H,4-6,9H2,1H3. The Morgan fingerprint density at radius 1 is 1.44 bits per heavy atom. The van der Waals surface area contributed by atoms with Gasteiger partial charge in [-0.15, -0.1) is 11.8 Å². The van der Waals surface area contributed by atoms with Crippen LogP contribution in [0, 0.1) is 11.3 Å². The number of carbonyl (C=O) groups excluding carboxylic acids is 1. The van der Waals surface area contributed by atoms with Crippen LogP contribution in [0.15, 0.2) is 29.2 Å². The third kappa shape index (κ3) is 2.51. The number of carbonyl (C=O) groups is 1. The van der Waals surface area contributed by atoms with Crippen molar-refractivity contribution in [1.29, 1.82) is 5.26 Å². The minimum Gasteiger partial charge on any atom is -0.323 e. The summed E-state index contributed by atoms with van der Waals surface area (Å²) in [5, 5.41) is 9.13. The lowest BCUT2D eigenvalue weighted by Crippen LogP contribution is -2.43. The van der Waals surface area contributed by atoms with Crippen LogP contribution in [0.1, 0.15) is 29.6 Å². The van der Waals surface area contributed by atoms with Gasteiger partial charge in [-0.1, -0.05) is 12.1 Å². The molecule has 0 saturated carbocycles. The number of likely N-dealkylation sites (tertiary alicyclic amines) is 1. The predicted molar refractivity (Wildman–Crippen MR) is 72.5 cm³/mol. The molecule has 1 unspecified atom stereocenters. The SMILES string of the molecule is CSc1ccccc1C(=O)N1CCCCC1C#N. The van der Waals surface area contributed by atoms with Gasteiger partial charge in [0.05, 0.1) is 11.6 Å². The lowest BCUT2D eigenvalue weighted by Gasteiger charge is -2.31. The Bertz CT molecular complexity index is 481. The smallest absolute Gasteiger partial charge is 0.256 e. The summed E-state index contributed by atoms with van der Waals surface area (Å²) in [5.41, 5.74) is 0.715. The van der Waals surface area contributed by atoms with Crippen molar-refractivity contribution < 1.29 is 4.79 Å². The van der Waals surface area contributed by atoms with E-state index in [1.54, 1.807) is 16.7 Å². The summed E-state index contributed by atoms with van der Waals surface area (Å²) in [7, 11) is 0. The molecule has 1 fully saturated rings. The van der Waals surface area contributed by atoms with Crippen LogP contribution in [-0.2, 0) is 0 Å². The Hall–Kier alpha value is -1.47. The summed E-state index contributed by atoms with van der Waals surface area (Å²) in [6.07, 6.45) is 4.78. The molecule has 0 aliphatic carbocycles. The highest BCUT2D eigenvalue weighted by Gasteiger charge is 2.28. The Labute approximate surface area is 112 Å². The van der Waals surface area contributed by atoms with Crippen molar-refractivity contribution in [2.45, 2.75) is 30.2 Å². The van der Waals surface area contributed by atoms with Crippen LogP contribution in [0.4, 0.5) is 0 Å². The number of hydrogen-bond acceptors (Lipinski definition) is 3. The van der Waals surface area contributed by atoms with Crippen molar-refractivity contribution in [2.24, 2.45) is 0 Å². The van der Waals surface area contributed by atoms with Crippen LogP contribution in [0.25, 0.3) is 0 Å². The zero-order valence-electron chi connectivity index (χ0n) is 10.4. The fourth-order valence-electron chi connectivity index (χ4n) is 2.28. The normalized spacial score (nSPS) is 19.3. The van der Waals surface area contributed by atoms with E-state index in [0.717, 1.165) is 24.2 Å². The van der Waals surface area contributed by atoms with Crippen LogP contribution in [-0.4, -0.2) is 29.6 Å². The maximum atomic E-state index is 12.5. The van der Waals surface area contributed by atoms with Crippen molar-refractivity contribution in [3.05, 3.63) is 29.8 Å². The highest BCUT2D eigenvalue weighted by molar-refractivity contribution is 7.98. The van der Waals surface area contributed by atoms with E-state index in [2.05, 4.69) is 6.07 Å². The van der Waals surface area contributed by atoms with Crippen molar-refractivity contribution in [1.82, 2.24) is 4.90 Å². The number of thioether (sulfide) groups is 1. The summed E-state index contributed by atoms with van der Waals surface area (Å²) in [6.45, 7) is 0.694. The van der Waals surface area contributed by atoms with Gasteiger partial charge in [0.1, 0.15) is 6.04 Å². The topological polar surface area (TPSA) is 44.1 Å². The van der Waals surface area contributed by atoms with Gasteiger partial charge in [0.25, 0.3) is 5.91 Å². The molecule has 18 heavy (non-hydrogen) atoms. The quantitative estimate of drug-likeness (QED) is 0.768. The molecule has 0 aromatic heterocycles. The average Bonchev–Trinajstić information content (AvgIpc) is 2.46. The number of piperidine rings is 1. The molecule has 1 atom stereocenters. The van der Waals surface area contributed by atoms with Gasteiger partial charge in [-0.25, -0.2) is 0 Å². The maximum Gasteiger partial charge on any atom is 0.256 e. The Kier molecular flexibility index (Phi) is 4.27. The van der Waals surface area contributed by atoms with Crippen molar-refractivity contribution in [3.63, 3.8) is 0 Å². The second kappa shape index (κ2) is 5.92. The molecule has 0 N–H and O–H groups in total. The minimum absolute atomic E-state index is 0.00815. The highest BCUT2D eigenvalue weighted by atomic mass is 32.2. The minimum atomic E-state index is -0.263. The average molecular weight is 260 g/mol. The Morgan fingerprint density at radius 2 is 2.22 bits per heavy atom. The van der Waals surface area contributed by atoms with Crippen molar-refractivity contribution >= 4 is 17.7 Å². The van der Waals surface area contributed by atoms with Gasteiger partial charge in [-0.3, -0.25) is 4.79 Å². The molecule has 4 heteroatoms. The van der Waals surface area contributed by atoms with E-state index in [9.17, 15) is 4.79 Å². The first-order valence-corrected chi connectivity index (χ1v) is 7.34. The summed E-state index contributed by atoms with van der Waals surface area (Å²) in [5.74, 6) is -0.00815. The van der Waals surface area contributed by atoms with E-state index in [-0.39, 0.29) is 11.9 Å². The zero-order chi connectivity index (χ0) is 13.0. The first-order chi connectivity index (χ1) is 8.77. The number of nitrogens with zero attached hydrogens (tertiary/aromatic N) is 2. The lowest BCUT2D eigenvalue weighted by molar-refractivity contribution is 0.0667. The monoisotopic (exact) mass is 260 g/mol. The predicted octanol–water partition coefficient (Wildman–Crippen LogP) is 2.93. The third-order valence-corrected chi connectivity index (χ3v) is 4.05. The van der Waals surface area contributed by atoms with Gasteiger partial charge >= 0.3 is 0 Å². The summed E-state index contributed by atoms with van der Waals surface area (Å²) < 4.78 is 0. The van der Waals surface area contributed by atoms with E-state index in [1.807, 2.05) is 30.5 Å². The molecule has 0 spiro atoms. The Morgan fingerprint density at radius 3 is 2.94 bits per heavy atom. The number of hydrogen-bond donors (Lipinski definition) is 0. The number of benzene rings is 1. The Balaban J connectivity index is 2.27. The molecule has 0 radical (unpaired) electrons. The molecular formula is C14H16N2OS. The summed E-state index contributed by atoms with van der Waals surface area (Å²) in [4.78, 5) is 15.2. The van der Waals surface area contributed by atoms with E-state index in [1.165, 1.54) is 0 Å². The number of amides is 1.